The van der Waals surface area contributed by atoms with Gasteiger partial charge in [-0.05, 0) is 54.4 Å². The monoisotopic (exact) mass is 520 g/mol. The Kier molecular flexibility index (Phi) is 7.75. The van der Waals surface area contributed by atoms with E-state index in [2.05, 4.69) is 46.8 Å². The maximum Gasteiger partial charge on any atom is 0.271 e. The maximum absolute atomic E-state index is 12.8. The number of anilines is 2. The maximum atomic E-state index is 12.8. The molecule has 1 amide bonds. The smallest absolute Gasteiger partial charge is 0.271 e. The number of hydrogen-bond donors (Lipinski definition) is 2. The van der Waals surface area contributed by atoms with Gasteiger partial charge in [0.15, 0.2) is 5.13 Å². The van der Waals surface area contributed by atoms with E-state index in [1.807, 2.05) is 66.0 Å². The fourth-order valence-electron chi connectivity index (χ4n) is 3.98. The van der Waals surface area contributed by atoms with Crippen molar-refractivity contribution in [3.8, 4) is 17.0 Å². The summed E-state index contributed by atoms with van der Waals surface area (Å²) in [5, 5.41) is 12.5. The first-order valence-corrected chi connectivity index (χ1v) is 13.4. The van der Waals surface area contributed by atoms with Gasteiger partial charge in [-0.15, -0.1) is 11.3 Å². The average molecular weight is 521 g/mol. The second-order valence-electron chi connectivity index (χ2n) is 8.85. The van der Waals surface area contributed by atoms with E-state index in [0.717, 1.165) is 50.6 Å². The van der Waals surface area contributed by atoms with Crippen LogP contribution in [0.1, 0.15) is 34.8 Å². The first kappa shape index (κ1) is 25.2. The standard InChI is InChI=1S/C31H28N4O2S/c1-3-18-37-29-17-14-22-6-4-5-7-26(22)27(29)19-32-35-30(36)24-12-10-23(11-13-24)28-20-38-31(34-28)33-25-15-8-21(2)9-16-25/h4-17,19-20H,3,18H2,1-2H3,(H,33,34)(H,35,36)/b32-19-. The van der Waals surface area contributed by atoms with Gasteiger partial charge in [0.05, 0.1) is 18.5 Å². The molecule has 0 bridgehead atoms. The lowest BCUT2D eigenvalue weighted by atomic mass is 10.0. The first-order chi connectivity index (χ1) is 18.6. The fraction of sp³-hybridized carbons (Fsp3) is 0.129. The fourth-order valence-corrected chi connectivity index (χ4v) is 4.72. The third kappa shape index (κ3) is 5.90. The van der Waals surface area contributed by atoms with Crippen molar-refractivity contribution in [2.45, 2.75) is 20.3 Å². The van der Waals surface area contributed by atoms with Crippen LogP contribution in [0.3, 0.4) is 0 Å². The van der Waals surface area contributed by atoms with Crippen molar-refractivity contribution < 1.29 is 9.53 Å². The number of ether oxygens (including phenoxy) is 1. The molecule has 190 valence electrons. The van der Waals surface area contributed by atoms with Crippen LogP contribution in [0.25, 0.3) is 22.0 Å². The summed E-state index contributed by atoms with van der Waals surface area (Å²) in [6.45, 7) is 4.74. The number of hydrogen-bond acceptors (Lipinski definition) is 6. The zero-order valence-corrected chi connectivity index (χ0v) is 22.1. The lowest BCUT2D eigenvalue weighted by molar-refractivity contribution is 0.0955. The molecule has 1 heterocycles. The summed E-state index contributed by atoms with van der Waals surface area (Å²) in [5.41, 5.74) is 7.99. The van der Waals surface area contributed by atoms with Crippen LogP contribution in [-0.4, -0.2) is 23.7 Å². The number of benzene rings is 4. The van der Waals surface area contributed by atoms with Gasteiger partial charge < -0.3 is 10.1 Å². The highest BCUT2D eigenvalue weighted by molar-refractivity contribution is 7.14. The van der Waals surface area contributed by atoms with Crippen molar-refractivity contribution in [3.63, 3.8) is 0 Å². The molecule has 0 unspecified atom stereocenters. The SMILES string of the molecule is CCCOc1ccc2ccccc2c1/C=N\NC(=O)c1ccc(-c2csc(Nc3ccc(C)cc3)n2)cc1. The predicted molar refractivity (Wildman–Crippen MR) is 157 cm³/mol. The number of nitrogens with zero attached hydrogens (tertiary/aromatic N) is 2. The molecule has 0 spiro atoms. The number of thiazole rings is 1. The highest BCUT2D eigenvalue weighted by Gasteiger charge is 2.10. The van der Waals surface area contributed by atoms with Crippen molar-refractivity contribution in [1.29, 1.82) is 0 Å². The summed E-state index contributed by atoms with van der Waals surface area (Å²) in [5.74, 6) is 0.455. The zero-order valence-electron chi connectivity index (χ0n) is 21.3. The molecule has 0 saturated heterocycles. The minimum Gasteiger partial charge on any atom is -0.493 e. The molecule has 5 aromatic rings. The number of hydrazone groups is 1. The lowest BCUT2D eigenvalue weighted by Gasteiger charge is -2.11. The summed E-state index contributed by atoms with van der Waals surface area (Å²) in [4.78, 5) is 17.4. The van der Waals surface area contributed by atoms with Gasteiger partial charge in [-0.25, -0.2) is 10.4 Å². The molecule has 4 aromatic carbocycles. The third-order valence-corrected chi connectivity index (χ3v) is 6.76. The van der Waals surface area contributed by atoms with Gasteiger partial charge in [0.1, 0.15) is 5.75 Å². The lowest BCUT2D eigenvalue weighted by Crippen LogP contribution is -2.17. The molecule has 0 aliphatic heterocycles. The minimum atomic E-state index is -0.288. The van der Waals surface area contributed by atoms with E-state index < -0.39 is 0 Å². The van der Waals surface area contributed by atoms with E-state index in [1.54, 1.807) is 18.3 Å². The number of rotatable bonds is 9. The van der Waals surface area contributed by atoms with Crippen molar-refractivity contribution >= 4 is 45.0 Å². The number of nitrogens with one attached hydrogen (secondary N) is 2. The molecular formula is C31H28N4O2S. The molecule has 0 fully saturated rings. The van der Waals surface area contributed by atoms with Gasteiger partial charge >= 0.3 is 0 Å². The van der Waals surface area contributed by atoms with Gasteiger partial charge in [0, 0.05) is 27.8 Å². The van der Waals surface area contributed by atoms with Crippen molar-refractivity contribution in [3.05, 3.63) is 107 Å². The molecule has 6 nitrogen and oxygen atoms in total. The van der Waals surface area contributed by atoms with Gasteiger partial charge in [0.2, 0.25) is 0 Å². The van der Waals surface area contributed by atoms with E-state index in [0.29, 0.717) is 12.2 Å². The van der Waals surface area contributed by atoms with E-state index in [-0.39, 0.29) is 5.91 Å². The van der Waals surface area contributed by atoms with Gasteiger partial charge in [-0.3, -0.25) is 4.79 Å². The number of aromatic nitrogens is 1. The third-order valence-electron chi connectivity index (χ3n) is 6.00. The minimum absolute atomic E-state index is 0.288. The molecule has 1 aromatic heterocycles. The van der Waals surface area contributed by atoms with Gasteiger partial charge in [0.25, 0.3) is 5.91 Å². The molecule has 38 heavy (non-hydrogen) atoms. The van der Waals surface area contributed by atoms with Crippen LogP contribution in [0.2, 0.25) is 0 Å². The van der Waals surface area contributed by atoms with E-state index >= 15 is 0 Å². The summed E-state index contributed by atoms with van der Waals surface area (Å²) in [6, 6.07) is 27.5. The quantitative estimate of drug-likeness (QED) is 0.155. The molecule has 5 rings (SSSR count). The Morgan fingerprint density at radius 1 is 1.00 bits per heavy atom. The summed E-state index contributed by atoms with van der Waals surface area (Å²) < 4.78 is 5.92. The second-order valence-corrected chi connectivity index (χ2v) is 9.71. The van der Waals surface area contributed by atoms with Gasteiger partial charge in [-0.1, -0.05) is 67.1 Å². The van der Waals surface area contributed by atoms with Crippen LogP contribution in [0.15, 0.2) is 95.4 Å². The van der Waals surface area contributed by atoms with Crippen LogP contribution >= 0.6 is 11.3 Å². The first-order valence-electron chi connectivity index (χ1n) is 12.5. The Balaban J connectivity index is 1.26. The number of carbonyl (C=O) groups excluding carboxylic acids is 1. The van der Waals surface area contributed by atoms with E-state index in [9.17, 15) is 4.79 Å². The predicted octanol–water partition coefficient (Wildman–Crippen LogP) is 7.57. The van der Waals surface area contributed by atoms with Crippen LogP contribution in [0, 0.1) is 6.92 Å². The summed E-state index contributed by atoms with van der Waals surface area (Å²) in [6.07, 6.45) is 2.55. The van der Waals surface area contributed by atoms with Crippen LogP contribution in [0.5, 0.6) is 5.75 Å². The van der Waals surface area contributed by atoms with Gasteiger partial charge in [-0.2, -0.15) is 5.10 Å². The largest absolute Gasteiger partial charge is 0.493 e. The molecule has 0 saturated carbocycles. The second kappa shape index (κ2) is 11.7. The van der Waals surface area contributed by atoms with Crippen molar-refractivity contribution in [2.24, 2.45) is 5.10 Å². The molecule has 7 heteroatoms. The van der Waals surface area contributed by atoms with Crippen LogP contribution in [-0.2, 0) is 0 Å². The summed E-state index contributed by atoms with van der Waals surface area (Å²) >= 11 is 1.54. The normalized spacial score (nSPS) is 11.1. The van der Waals surface area contributed by atoms with Crippen LogP contribution in [0.4, 0.5) is 10.8 Å². The Bertz CT molecular complexity index is 1570. The number of amides is 1. The highest BCUT2D eigenvalue weighted by Crippen LogP contribution is 2.28. The zero-order chi connectivity index (χ0) is 26.3. The summed E-state index contributed by atoms with van der Waals surface area (Å²) in [7, 11) is 0. The van der Waals surface area contributed by atoms with E-state index in [4.69, 9.17) is 4.74 Å². The number of fused-ring (bicyclic) bond motifs is 1. The number of aryl methyl sites for hydroxylation is 1. The Morgan fingerprint density at radius 3 is 2.58 bits per heavy atom. The number of carbonyl (C=O) groups is 1. The van der Waals surface area contributed by atoms with Crippen molar-refractivity contribution in [1.82, 2.24) is 10.4 Å². The average Bonchev–Trinajstić information content (AvgIpc) is 3.42. The molecule has 0 aliphatic carbocycles. The van der Waals surface area contributed by atoms with E-state index in [1.165, 1.54) is 16.9 Å². The molecule has 0 radical (unpaired) electrons. The molecule has 0 aliphatic rings. The molecular weight excluding hydrogens is 492 g/mol. The highest BCUT2D eigenvalue weighted by atomic mass is 32.1. The molecule has 0 atom stereocenters. The van der Waals surface area contributed by atoms with Crippen molar-refractivity contribution in [2.75, 3.05) is 11.9 Å². The Hall–Kier alpha value is -4.49. The topological polar surface area (TPSA) is 75.6 Å². The van der Waals surface area contributed by atoms with Crippen LogP contribution < -0.4 is 15.5 Å². The Morgan fingerprint density at radius 2 is 1.79 bits per heavy atom. The Labute approximate surface area is 226 Å². The molecule has 2 N–H and O–H groups in total.